The Bertz CT molecular complexity index is 973. The van der Waals surface area contributed by atoms with E-state index in [9.17, 15) is 9.59 Å². The summed E-state index contributed by atoms with van der Waals surface area (Å²) < 4.78 is 11.9. The number of allylic oxidation sites excluding steroid dienone is 3. The third-order valence-electron chi connectivity index (χ3n) is 7.44. The second-order valence-corrected chi connectivity index (χ2v) is 9.04. The Kier molecular flexibility index (Phi) is 4.04. The first-order valence-corrected chi connectivity index (χ1v) is 10.5. The molecule has 0 amide bonds. The zero-order valence-corrected chi connectivity index (χ0v) is 17.4. The lowest BCUT2D eigenvalue weighted by molar-refractivity contribution is -0.162. The van der Waals surface area contributed by atoms with E-state index in [1.54, 1.807) is 6.08 Å². The molecular weight excluding hydrogens is 366 g/mol. The van der Waals surface area contributed by atoms with Crippen molar-refractivity contribution in [2.24, 2.45) is 5.92 Å². The third-order valence-corrected chi connectivity index (χ3v) is 7.44. The lowest BCUT2D eigenvalue weighted by Gasteiger charge is -2.65. The van der Waals surface area contributed by atoms with E-state index < -0.39 is 12.1 Å². The number of hydrogen-bond donors (Lipinski definition) is 0. The summed E-state index contributed by atoms with van der Waals surface area (Å²) in [4.78, 5) is 27.7. The Balaban J connectivity index is 1.57. The molecule has 1 saturated carbocycles. The van der Waals surface area contributed by atoms with Gasteiger partial charge in [0.15, 0.2) is 23.4 Å². The number of hydrogen-bond acceptors (Lipinski definition) is 5. The van der Waals surface area contributed by atoms with Crippen LogP contribution in [0.15, 0.2) is 35.9 Å². The van der Waals surface area contributed by atoms with Crippen molar-refractivity contribution in [1.29, 1.82) is 0 Å². The van der Waals surface area contributed by atoms with Gasteiger partial charge in [0.2, 0.25) is 0 Å². The van der Waals surface area contributed by atoms with Crippen molar-refractivity contribution in [3.05, 3.63) is 47.1 Å². The lowest BCUT2D eigenvalue weighted by Crippen LogP contribution is -2.76. The number of carbonyl (C=O) groups excluding carboxylic acids is 2. The van der Waals surface area contributed by atoms with Crippen molar-refractivity contribution in [2.75, 3.05) is 7.05 Å². The molecule has 5 atom stereocenters. The molecule has 29 heavy (non-hydrogen) atoms. The molecule has 2 aliphatic heterocycles. The van der Waals surface area contributed by atoms with E-state index in [2.05, 4.69) is 24.9 Å². The number of esters is 1. The van der Waals surface area contributed by atoms with Crippen molar-refractivity contribution in [3.63, 3.8) is 0 Å². The first-order valence-electron chi connectivity index (χ1n) is 10.5. The molecule has 0 aromatic heterocycles. The SMILES string of the molecule is CC[C@]12c3c4ccc(OC(=O)/C=C/C=C(C)C)c3O[C@H]1C(=O)CC1[C@H]2[C@@H](C4)N1C. The number of likely N-dealkylation sites (N-methyl/N-ethyl adjacent to an activating group) is 1. The van der Waals surface area contributed by atoms with Gasteiger partial charge in [-0.05, 0) is 45.4 Å². The number of ketones is 1. The molecule has 0 N–H and O–H groups in total. The molecule has 0 bridgehead atoms. The van der Waals surface area contributed by atoms with Gasteiger partial charge >= 0.3 is 5.97 Å². The molecule has 5 heteroatoms. The van der Waals surface area contributed by atoms with E-state index in [1.807, 2.05) is 26.0 Å². The van der Waals surface area contributed by atoms with Gasteiger partial charge in [-0.15, -0.1) is 0 Å². The van der Waals surface area contributed by atoms with Gasteiger partial charge in [0.25, 0.3) is 0 Å². The van der Waals surface area contributed by atoms with E-state index in [0.29, 0.717) is 35.9 Å². The van der Waals surface area contributed by atoms with Crippen LogP contribution in [-0.4, -0.2) is 41.9 Å². The molecule has 4 aliphatic rings. The quantitative estimate of drug-likeness (QED) is 0.340. The van der Waals surface area contributed by atoms with Gasteiger partial charge in [-0.25, -0.2) is 4.79 Å². The third kappa shape index (κ3) is 2.37. The summed E-state index contributed by atoms with van der Waals surface area (Å²) in [7, 11) is 2.14. The van der Waals surface area contributed by atoms with Crippen molar-refractivity contribution in [3.8, 4) is 11.5 Å². The minimum Gasteiger partial charge on any atom is -0.477 e. The van der Waals surface area contributed by atoms with Crippen molar-refractivity contribution >= 4 is 11.8 Å². The predicted molar refractivity (Wildman–Crippen MR) is 109 cm³/mol. The average molecular weight is 393 g/mol. The first kappa shape index (κ1) is 18.6. The molecule has 2 fully saturated rings. The molecule has 5 rings (SSSR count). The maximum absolute atomic E-state index is 13.0. The van der Waals surface area contributed by atoms with Crippen LogP contribution in [0.4, 0.5) is 0 Å². The number of likely N-dealkylation sites (tertiary alicyclic amines) is 1. The number of carbonyl (C=O) groups is 2. The van der Waals surface area contributed by atoms with Gasteiger partial charge in [0.05, 0.1) is 0 Å². The van der Waals surface area contributed by atoms with Crippen LogP contribution in [0.3, 0.4) is 0 Å². The van der Waals surface area contributed by atoms with E-state index in [1.165, 1.54) is 11.6 Å². The highest BCUT2D eigenvalue weighted by Gasteiger charge is 2.70. The van der Waals surface area contributed by atoms with E-state index in [0.717, 1.165) is 24.0 Å². The molecule has 2 aliphatic carbocycles. The number of rotatable bonds is 4. The van der Waals surface area contributed by atoms with Gasteiger partial charge in [-0.2, -0.15) is 0 Å². The van der Waals surface area contributed by atoms with Crippen molar-refractivity contribution < 1.29 is 19.1 Å². The molecular formula is C24H27NO4. The van der Waals surface area contributed by atoms with Crippen LogP contribution in [0.25, 0.3) is 0 Å². The summed E-state index contributed by atoms with van der Waals surface area (Å²) in [5.74, 6) is 1.19. The van der Waals surface area contributed by atoms with Crippen LogP contribution in [0.5, 0.6) is 11.5 Å². The largest absolute Gasteiger partial charge is 0.477 e. The summed E-state index contributed by atoms with van der Waals surface area (Å²) in [5.41, 5.74) is 3.16. The predicted octanol–water partition coefficient (Wildman–Crippen LogP) is 3.35. The van der Waals surface area contributed by atoms with Crippen LogP contribution in [0, 0.1) is 5.92 Å². The maximum Gasteiger partial charge on any atom is 0.336 e. The van der Waals surface area contributed by atoms with Gasteiger partial charge in [-0.1, -0.05) is 30.7 Å². The summed E-state index contributed by atoms with van der Waals surface area (Å²) in [6.07, 6.45) is 6.86. The second kappa shape index (κ2) is 6.30. The van der Waals surface area contributed by atoms with Gasteiger partial charge in [-0.3, -0.25) is 9.69 Å². The van der Waals surface area contributed by atoms with Crippen LogP contribution >= 0.6 is 0 Å². The molecule has 1 saturated heterocycles. The zero-order valence-electron chi connectivity index (χ0n) is 17.4. The van der Waals surface area contributed by atoms with Gasteiger partial charge in [0.1, 0.15) is 0 Å². The molecule has 1 unspecified atom stereocenters. The molecule has 0 spiro atoms. The molecule has 2 heterocycles. The highest BCUT2D eigenvalue weighted by molar-refractivity contribution is 5.91. The highest BCUT2D eigenvalue weighted by atomic mass is 16.6. The molecule has 152 valence electrons. The smallest absolute Gasteiger partial charge is 0.336 e. The minimum absolute atomic E-state index is 0.170. The Morgan fingerprint density at radius 1 is 1.31 bits per heavy atom. The zero-order chi connectivity index (χ0) is 20.5. The van der Waals surface area contributed by atoms with Gasteiger partial charge in [0, 0.05) is 41.5 Å². The van der Waals surface area contributed by atoms with Gasteiger partial charge < -0.3 is 9.47 Å². The van der Waals surface area contributed by atoms with Crippen LogP contribution in [0.2, 0.25) is 0 Å². The van der Waals surface area contributed by atoms with Crippen molar-refractivity contribution in [2.45, 2.75) is 63.6 Å². The lowest BCUT2D eigenvalue weighted by atomic mass is 9.48. The van der Waals surface area contributed by atoms with Crippen LogP contribution in [-0.2, 0) is 21.4 Å². The number of ether oxygens (including phenoxy) is 2. The fourth-order valence-electron chi connectivity index (χ4n) is 6.26. The summed E-state index contributed by atoms with van der Waals surface area (Å²) in [6, 6.07) is 4.63. The highest BCUT2D eigenvalue weighted by Crippen LogP contribution is 2.65. The summed E-state index contributed by atoms with van der Waals surface area (Å²) in [5, 5.41) is 0. The van der Waals surface area contributed by atoms with Crippen molar-refractivity contribution in [1.82, 2.24) is 4.90 Å². The van der Waals surface area contributed by atoms with E-state index in [4.69, 9.17) is 9.47 Å². The van der Waals surface area contributed by atoms with E-state index >= 15 is 0 Å². The standard InChI is InChI=1S/C24H27NO4/c1-5-24-20-14-9-10-18(28-19(27)8-6-7-13(2)3)22(20)29-23(24)17(26)12-16-21(24)15(11-14)25(16)4/h6-10,15-16,21,23H,5,11-12H2,1-4H3/b8-6+/t15-,16?,21-,23+,24-/m1/s1. The molecule has 1 aromatic carbocycles. The number of benzene rings is 1. The Hall–Kier alpha value is -2.40. The minimum atomic E-state index is -0.458. The Morgan fingerprint density at radius 3 is 2.79 bits per heavy atom. The number of Topliss-reactive ketones (excluding diaryl/α,β-unsaturated/α-hetero) is 1. The van der Waals surface area contributed by atoms with Crippen LogP contribution in [0.1, 0.15) is 44.7 Å². The fraction of sp³-hybridized carbons (Fsp3) is 0.500. The topological polar surface area (TPSA) is 55.8 Å². The summed E-state index contributed by atoms with van der Waals surface area (Å²) in [6.45, 7) is 6.09. The monoisotopic (exact) mass is 393 g/mol. The summed E-state index contributed by atoms with van der Waals surface area (Å²) >= 11 is 0. The fourth-order valence-corrected chi connectivity index (χ4v) is 6.26. The molecule has 5 nitrogen and oxygen atoms in total. The Labute approximate surface area is 171 Å². The second-order valence-electron chi connectivity index (χ2n) is 9.04. The average Bonchev–Trinajstić information content (AvgIpc) is 3.05. The number of nitrogens with zero attached hydrogens (tertiary/aromatic N) is 1. The van der Waals surface area contributed by atoms with Crippen LogP contribution < -0.4 is 9.47 Å². The van der Waals surface area contributed by atoms with E-state index in [-0.39, 0.29) is 11.2 Å². The Morgan fingerprint density at radius 2 is 2.07 bits per heavy atom. The normalized spacial score (nSPS) is 33.7. The molecule has 0 radical (unpaired) electrons. The maximum atomic E-state index is 13.0. The molecule has 1 aromatic rings. The first-order chi connectivity index (χ1) is 13.9.